The second-order valence-corrected chi connectivity index (χ2v) is 6.49. The molecule has 0 aliphatic carbocycles. The molecule has 3 aromatic carbocycles. The third-order valence-electron chi connectivity index (χ3n) is 3.97. The van der Waals surface area contributed by atoms with Crippen LogP contribution in [0, 0.1) is 0 Å². The number of ether oxygens (including phenoxy) is 1. The topological polar surface area (TPSA) is 69.7 Å². The van der Waals surface area contributed by atoms with Gasteiger partial charge in [-0.1, -0.05) is 42.5 Å². The molecule has 0 N–H and O–H groups in total. The molecule has 1 atom stereocenters. The normalized spacial score (nSPS) is 11.6. The van der Waals surface area contributed by atoms with E-state index in [-0.39, 0.29) is 6.61 Å². The van der Waals surface area contributed by atoms with Crippen LogP contribution in [0.15, 0.2) is 78.9 Å². The molecule has 6 heteroatoms. The molecule has 5 nitrogen and oxygen atoms in total. The van der Waals surface area contributed by atoms with Gasteiger partial charge in [-0.3, -0.25) is 8.51 Å². The number of anilines is 2. The number of rotatable bonds is 6. The number of hydrogen-bond acceptors (Lipinski definition) is 4. The molecule has 0 bridgehead atoms. The minimum Gasteiger partial charge on any atom is -0.755 e. The number of hydrogen-bond donors (Lipinski definition) is 0. The van der Waals surface area contributed by atoms with Gasteiger partial charge in [0.05, 0.1) is 34.8 Å². The van der Waals surface area contributed by atoms with Crippen LogP contribution >= 0.6 is 0 Å². The van der Waals surface area contributed by atoms with Crippen LogP contribution in [-0.2, 0) is 16.0 Å². The van der Waals surface area contributed by atoms with Crippen molar-refractivity contribution in [1.29, 1.82) is 0 Å². The Labute approximate surface area is 160 Å². The minimum absolute atomic E-state index is 0.283. The van der Waals surface area contributed by atoms with E-state index in [0.717, 1.165) is 11.1 Å². The standard InChI is InChI=1S/C21H19NO4S/c1-2-26-21(23)18-10-14-20(15-11-18)22(27(24)25)19-12-8-17(9-13-19)16-6-4-3-5-7-16/h3-15H,2H2,1H3,(H,24,25)/p-1. The summed E-state index contributed by atoms with van der Waals surface area (Å²) in [4.78, 5) is 11.7. The summed E-state index contributed by atoms with van der Waals surface area (Å²) in [5.74, 6) is -0.439. The van der Waals surface area contributed by atoms with E-state index in [0.29, 0.717) is 16.9 Å². The van der Waals surface area contributed by atoms with Gasteiger partial charge >= 0.3 is 5.97 Å². The van der Waals surface area contributed by atoms with Gasteiger partial charge in [-0.2, -0.15) is 0 Å². The molecule has 0 saturated carbocycles. The summed E-state index contributed by atoms with van der Waals surface area (Å²) in [5.41, 5.74) is 3.36. The molecule has 138 valence electrons. The number of benzene rings is 3. The quantitative estimate of drug-likeness (QED) is 0.467. The largest absolute Gasteiger partial charge is 0.755 e. The zero-order chi connectivity index (χ0) is 19.2. The Kier molecular flexibility index (Phi) is 6.01. The molecule has 0 amide bonds. The maximum atomic E-state index is 11.8. The summed E-state index contributed by atoms with van der Waals surface area (Å²) < 4.78 is 29.7. The van der Waals surface area contributed by atoms with Crippen molar-refractivity contribution in [3.8, 4) is 11.1 Å². The van der Waals surface area contributed by atoms with E-state index in [9.17, 15) is 13.6 Å². The van der Waals surface area contributed by atoms with E-state index in [1.165, 1.54) is 4.31 Å². The average Bonchev–Trinajstić information content (AvgIpc) is 2.70. The van der Waals surface area contributed by atoms with Crippen molar-refractivity contribution in [1.82, 2.24) is 0 Å². The highest BCUT2D eigenvalue weighted by molar-refractivity contribution is 7.81. The Morgan fingerprint density at radius 1 is 0.889 bits per heavy atom. The van der Waals surface area contributed by atoms with Gasteiger partial charge in [0, 0.05) is 0 Å². The van der Waals surface area contributed by atoms with Gasteiger partial charge in [-0.05, 0) is 54.4 Å². The molecule has 3 aromatic rings. The minimum atomic E-state index is -2.51. The lowest BCUT2D eigenvalue weighted by Crippen LogP contribution is -2.19. The highest BCUT2D eigenvalue weighted by Gasteiger charge is 2.12. The van der Waals surface area contributed by atoms with Gasteiger partial charge in [0.15, 0.2) is 0 Å². The lowest BCUT2D eigenvalue weighted by molar-refractivity contribution is 0.0526. The fraction of sp³-hybridized carbons (Fsp3) is 0.0952. The predicted molar refractivity (Wildman–Crippen MR) is 105 cm³/mol. The predicted octanol–water partition coefficient (Wildman–Crippen LogP) is 4.46. The van der Waals surface area contributed by atoms with Crippen molar-refractivity contribution < 1.29 is 18.3 Å². The van der Waals surface area contributed by atoms with Crippen LogP contribution < -0.4 is 4.31 Å². The summed E-state index contributed by atoms with van der Waals surface area (Å²) >= 11 is -2.51. The first-order valence-electron chi connectivity index (χ1n) is 8.42. The van der Waals surface area contributed by atoms with E-state index in [1.54, 1.807) is 43.3 Å². The second-order valence-electron chi connectivity index (χ2n) is 5.69. The van der Waals surface area contributed by atoms with Crippen molar-refractivity contribution in [2.45, 2.75) is 6.92 Å². The van der Waals surface area contributed by atoms with Crippen LogP contribution in [0.5, 0.6) is 0 Å². The molecular weight excluding hydrogens is 362 g/mol. The highest BCUT2D eigenvalue weighted by Crippen LogP contribution is 2.29. The number of carbonyl (C=O) groups is 1. The van der Waals surface area contributed by atoms with Crippen LogP contribution in [0.1, 0.15) is 17.3 Å². The third-order valence-corrected chi connectivity index (χ3v) is 4.69. The highest BCUT2D eigenvalue weighted by atomic mass is 32.2. The molecule has 0 aromatic heterocycles. The maximum absolute atomic E-state index is 11.8. The SMILES string of the molecule is CCOC(=O)c1ccc(N(c2ccc(-c3ccccc3)cc2)S(=O)[O-])cc1. The van der Waals surface area contributed by atoms with E-state index in [1.807, 2.05) is 42.5 Å². The summed E-state index contributed by atoms with van der Waals surface area (Å²) in [7, 11) is 0. The Balaban J connectivity index is 1.87. The van der Waals surface area contributed by atoms with E-state index >= 15 is 0 Å². The van der Waals surface area contributed by atoms with Crippen LogP contribution in [0.25, 0.3) is 11.1 Å². The van der Waals surface area contributed by atoms with Crippen molar-refractivity contribution in [3.63, 3.8) is 0 Å². The first-order valence-corrected chi connectivity index (χ1v) is 9.45. The molecule has 0 aliphatic rings. The zero-order valence-corrected chi connectivity index (χ0v) is 15.5. The third kappa shape index (κ3) is 4.42. The fourth-order valence-electron chi connectivity index (χ4n) is 2.69. The van der Waals surface area contributed by atoms with Crippen LogP contribution in [0.3, 0.4) is 0 Å². The van der Waals surface area contributed by atoms with Gasteiger partial charge in [0.25, 0.3) is 0 Å². The lowest BCUT2D eigenvalue weighted by Gasteiger charge is -2.26. The van der Waals surface area contributed by atoms with Crippen molar-refractivity contribution in [2.24, 2.45) is 0 Å². The number of nitrogens with zero attached hydrogens (tertiary/aromatic N) is 1. The summed E-state index contributed by atoms with van der Waals surface area (Å²) in [5, 5.41) is 0. The van der Waals surface area contributed by atoms with Crippen molar-refractivity contribution >= 4 is 28.6 Å². The smallest absolute Gasteiger partial charge is 0.338 e. The molecule has 0 heterocycles. The van der Waals surface area contributed by atoms with E-state index in [4.69, 9.17) is 4.74 Å². The molecule has 0 aliphatic heterocycles. The van der Waals surface area contributed by atoms with E-state index in [2.05, 4.69) is 0 Å². The number of carbonyl (C=O) groups excluding carboxylic acids is 1. The zero-order valence-electron chi connectivity index (χ0n) is 14.7. The molecule has 27 heavy (non-hydrogen) atoms. The van der Waals surface area contributed by atoms with Gasteiger partial charge in [0.2, 0.25) is 0 Å². The van der Waals surface area contributed by atoms with Gasteiger partial charge in [0.1, 0.15) is 0 Å². The van der Waals surface area contributed by atoms with Gasteiger partial charge in [-0.25, -0.2) is 4.79 Å². The first kappa shape index (κ1) is 18.8. The van der Waals surface area contributed by atoms with Gasteiger partial charge < -0.3 is 9.29 Å². The molecule has 0 spiro atoms. The molecule has 0 fully saturated rings. The fourth-order valence-corrected chi connectivity index (χ4v) is 3.28. The van der Waals surface area contributed by atoms with Gasteiger partial charge in [-0.15, -0.1) is 0 Å². The van der Waals surface area contributed by atoms with Crippen molar-refractivity contribution in [3.05, 3.63) is 84.4 Å². The monoisotopic (exact) mass is 380 g/mol. The van der Waals surface area contributed by atoms with E-state index < -0.39 is 17.2 Å². The molecule has 1 unspecified atom stereocenters. The Morgan fingerprint density at radius 2 is 1.41 bits per heavy atom. The summed E-state index contributed by atoms with van der Waals surface area (Å²) in [6.07, 6.45) is 0. The lowest BCUT2D eigenvalue weighted by atomic mass is 10.1. The second kappa shape index (κ2) is 8.62. The van der Waals surface area contributed by atoms with Crippen molar-refractivity contribution in [2.75, 3.05) is 10.9 Å². The summed E-state index contributed by atoms with van der Waals surface area (Å²) in [6, 6.07) is 23.3. The molecule has 0 saturated heterocycles. The number of esters is 1. The Bertz CT molecular complexity index is 925. The van der Waals surface area contributed by atoms with Crippen LogP contribution in [0.2, 0.25) is 0 Å². The molecule has 0 radical (unpaired) electrons. The first-order chi connectivity index (χ1) is 13.1. The Morgan fingerprint density at radius 3 is 1.93 bits per heavy atom. The molecule has 3 rings (SSSR count). The maximum Gasteiger partial charge on any atom is 0.338 e. The Hall–Kier alpha value is -2.96. The van der Waals surface area contributed by atoms with Crippen LogP contribution in [0.4, 0.5) is 11.4 Å². The molecular formula is C21H18NO4S-. The average molecular weight is 380 g/mol. The summed E-state index contributed by atoms with van der Waals surface area (Å²) in [6.45, 7) is 2.01. The van der Waals surface area contributed by atoms with Crippen LogP contribution in [-0.4, -0.2) is 21.3 Å².